The maximum atomic E-state index is 12.7. The third kappa shape index (κ3) is 6.15. The number of aromatic nitrogens is 1. The van der Waals surface area contributed by atoms with E-state index in [2.05, 4.69) is 16.4 Å². The first-order valence-electron chi connectivity index (χ1n) is 11.0. The number of carbonyl (C=O) groups excluding carboxylic acids is 1. The van der Waals surface area contributed by atoms with Crippen molar-refractivity contribution in [1.82, 2.24) is 4.98 Å². The van der Waals surface area contributed by atoms with Crippen molar-refractivity contribution in [2.75, 3.05) is 38.1 Å². The second kappa shape index (κ2) is 11.9. The summed E-state index contributed by atoms with van der Waals surface area (Å²) in [6, 6.07) is 11.3. The number of thioether (sulfide) groups is 1. The van der Waals surface area contributed by atoms with E-state index in [0.717, 1.165) is 11.8 Å². The maximum Gasteiger partial charge on any atom is 0.238 e. The minimum atomic E-state index is -3.97. The molecule has 1 aromatic heterocycles. The Balaban J connectivity index is 2.02. The highest BCUT2D eigenvalue weighted by Gasteiger charge is 2.24. The molecule has 0 spiro atoms. The fourth-order valence-electron chi connectivity index (χ4n) is 3.65. The predicted molar refractivity (Wildman–Crippen MR) is 145 cm³/mol. The van der Waals surface area contributed by atoms with Gasteiger partial charge in [-0.15, -0.1) is 0 Å². The fraction of sp³-hybridized carbons (Fsp3) is 0.200. The Kier molecular flexibility index (Phi) is 8.88. The van der Waals surface area contributed by atoms with E-state index in [1.165, 1.54) is 39.5 Å². The molecule has 0 aliphatic carbocycles. The number of nitrogens with zero attached hydrogens (tertiary/aromatic N) is 3. The predicted octanol–water partition coefficient (Wildman–Crippen LogP) is 2.79. The van der Waals surface area contributed by atoms with Crippen molar-refractivity contribution < 1.29 is 27.4 Å². The lowest BCUT2D eigenvalue weighted by atomic mass is 9.96. The van der Waals surface area contributed by atoms with Gasteiger partial charge < -0.3 is 25.3 Å². The van der Waals surface area contributed by atoms with E-state index in [-0.39, 0.29) is 43.9 Å². The number of rotatable bonds is 9. The first-order valence-corrected chi connectivity index (χ1v) is 13.5. The van der Waals surface area contributed by atoms with Gasteiger partial charge in [0, 0.05) is 11.3 Å². The van der Waals surface area contributed by atoms with Gasteiger partial charge in [-0.25, -0.2) is 18.5 Å². The van der Waals surface area contributed by atoms with Gasteiger partial charge in [0.05, 0.1) is 37.5 Å². The summed E-state index contributed by atoms with van der Waals surface area (Å²) in [5.74, 6) is 0.0514. The van der Waals surface area contributed by atoms with Gasteiger partial charge in [0.15, 0.2) is 11.5 Å². The van der Waals surface area contributed by atoms with Gasteiger partial charge in [0.1, 0.15) is 28.5 Å². The van der Waals surface area contributed by atoms with Crippen LogP contribution >= 0.6 is 11.8 Å². The molecule has 0 unspecified atom stereocenters. The van der Waals surface area contributed by atoms with Crippen LogP contribution in [0.1, 0.15) is 16.7 Å². The first-order chi connectivity index (χ1) is 18.5. The molecule has 0 saturated carbocycles. The summed E-state index contributed by atoms with van der Waals surface area (Å²) in [5.41, 5.74) is 7.51. The minimum Gasteiger partial charge on any atom is -0.493 e. The number of nitriles is 2. The topological polar surface area (TPSA) is 203 Å². The standard InChI is InChI=1S/C25H24N6O6S2/c1-13-5-6-15(39(29,33)34)9-18(13)30-21(32)12-38-25-17(11-27)22(16(10-26)24(28)31-25)14-7-19(35-2)23(37-4)20(8-14)36-3/h5-9H,12H2,1-4H3,(H2,28,31)(H,30,32)(H2,29,33,34). The van der Waals surface area contributed by atoms with Crippen LogP contribution in [0.4, 0.5) is 11.5 Å². The van der Waals surface area contributed by atoms with Crippen LogP contribution in [0, 0.1) is 29.6 Å². The summed E-state index contributed by atoms with van der Waals surface area (Å²) < 4.78 is 39.5. The third-order valence-electron chi connectivity index (χ3n) is 5.52. The van der Waals surface area contributed by atoms with Crippen molar-refractivity contribution >= 4 is 39.2 Å². The van der Waals surface area contributed by atoms with Gasteiger partial charge >= 0.3 is 0 Å². The number of primary sulfonamides is 1. The number of benzene rings is 2. The van der Waals surface area contributed by atoms with E-state index in [1.807, 2.05) is 6.07 Å². The van der Waals surface area contributed by atoms with Crippen LogP contribution in [-0.2, 0) is 14.8 Å². The van der Waals surface area contributed by atoms with Gasteiger partial charge in [-0.05, 0) is 42.3 Å². The van der Waals surface area contributed by atoms with Crippen molar-refractivity contribution in [3.8, 4) is 40.5 Å². The van der Waals surface area contributed by atoms with Crippen LogP contribution in [0.2, 0.25) is 0 Å². The third-order valence-corrected chi connectivity index (χ3v) is 7.41. The number of nitrogen functional groups attached to an aromatic ring is 1. The highest BCUT2D eigenvalue weighted by atomic mass is 32.2. The van der Waals surface area contributed by atoms with E-state index in [4.69, 9.17) is 25.1 Å². The Labute approximate surface area is 229 Å². The van der Waals surface area contributed by atoms with Gasteiger partial charge in [-0.1, -0.05) is 17.8 Å². The average Bonchev–Trinajstić information content (AvgIpc) is 2.90. The molecule has 12 nitrogen and oxygen atoms in total. The molecule has 39 heavy (non-hydrogen) atoms. The molecule has 3 rings (SSSR count). The number of aryl methyl sites for hydroxylation is 1. The zero-order valence-corrected chi connectivity index (χ0v) is 23.0. The minimum absolute atomic E-state index is 0.0141. The van der Waals surface area contributed by atoms with Crippen LogP contribution in [0.3, 0.4) is 0 Å². The lowest BCUT2D eigenvalue weighted by Crippen LogP contribution is -2.17. The lowest BCUT2D eigenvalue weighted by molar-refractivity contribution is -0.113. The number of nitrogens with one attached hydrogen (secondary N) is 1. The number of hydrogen-bond donors (Lipinski definition) is 3. The van der Waals surface area contributed by atoms with Gasteiger partial charge in [-0.3, -0.25) is 4.79 Å². The summed E-state index contributed by atoms with van der Waals surface area (Å²) in [7, 11) is 0.333. The van der Waals surface area contributed by atoms with E-state index >= 15 is 0 Å². The normalized spacial score (nSPS) is 10.7. The largest absolute Gasteiger partial charge is 0.493 e. The van der Waals surface area contributed by atoms with E-state index < -0.39 is 15.9 Å². The van der Waals surface area contributed by atoms with Crippen molar-refractivity contribution in [3.05, 3.63) is 47.0 Å². The highest BCUT2D eigenvalue weighted by Crippen LogP contribution is 2.44. The van der Waals surface area contributed by atoms with Crippen LogP contribution in [0.5, 0.6) is 17.2 Å². The molecule has 0 radical (unpaired) electrons. The molecule has 1 heterocycles. The molecule has 5 N–H and O–H groups in total. The fourth-order valence-corrected chi connectivity index (χ4v) is 4.98. The molecule has 14 heteroatoms. The number of methoxy groups -OCH3 is 3. The molecule has 202 valence electrons. The second-order valence-electron chi connectivity index (χ2n) is 7.92. The molecule has 2 aromatic carbocycles. The van der Waals surface area contributed by atoms with Crippen molar-refractivity contribution in [3.63, 3.8) is 0 Å². The quantitative estimate of drug-likeness (QED) is 0.320. The molecule has 0 fully saturated rings. The number of amides is 1. The van der Waals surface area contributed by atoms with Crippen molar-refractivity contribution in [1.29, 1.82) is 10.5 Å². The zero-order valence-electron chi connectivity index (χ0n) is 21.4. The van der Waals surface area contributed by atoms with Gasteiger partial charge in [0.2, 0.25) is 21.7 Å². The van der Waals surface area contributed by atoms with E-state index in [1.54, 1.807) is 19.1 Å². The van der Waals surface area contributed by atoms with Crippen LogP contribution < -0.4 is 30.4 Å². The Morgan fingerprint density at radius 3 is 2.18 bits per heavy atom. The summed E-state index contributed by atoms with van der Waals surface area (Å²) in [4.78, 5) is 16.8. The van der Waals surface area contributed by atoms with Crippen molar-refractivity contribution in [2.24, 2.45) is 5.14 Å². The number of anilines is 2. The lowest BCUT2D eigenvalue weighted by Gasteiger charge is -2.17. The first kappa shape index (κ1) is 29.1. The van der Waals surface area contributed by atoms with Crippen LogP contribution in [0.15, 0.2) is 40.3 Å². The maximum absolute atomic E-state index is 12.7. The Hall–Kier alpha value is -4.50. The number of ether oxygens (including phenoxy) is 3. The Morgan fingerprint density at radius 1 is 1.05 bits per heavy atom. The Bertz CT molecular complexity index is 1620. The highest BCUT2D eigenvalue weighted by molar-refractivity contribution is 8.00. The van der Waals surface area contributed by atoms with E-state index in [0.29, 0.717) is 28.4 Å². The van der Waals surface area contributed by atoms with E-state index in [9.17, 15) is 23.7 Å². The number of sulfonamides is 1. The zero-order chi connectivity index (χ0) is 28.9. The number of carbonyl (C=O) groups is 1. The smallest absolute Gasteiger partial charge is 0.238 e. The summed E-state index contributed by atoms with van der Waals surface area (Å²) in [6.07, 6.45) is 0. The number of pyridine rings is 1. The Morgan fingerprint density at radius 2 is 1.67 bits per heavy atom. The molecule has 0 atom stereocenters. The summed E-state index contributed by atoms with van der Waals surface area (Å²) in [5, 5.41) is 27.8. The molecule has 1 amide bonds. The van der Waals surface area contributed by atoms with Crippen LogP contribution in [0.25, 0.3) is 11.1 Å². The molecule has 0 bridgehead atoms. The van der Waals surface area contributed by atoms with Crippen LogP contribution in [-0.4, -0.2) is 46.4 Å². The molecule has 0 aliphatic rings. The monoisotopic (exact) mass is 568 g/mol. The molecule has 0 aliphatic heterocycles. The summed E-state index contributed by atoms with van der Waals surface area (Å²) in [6.45, 7) is 1.69. The molecule has 3 aromatic rings. The van der Waals surface area contributed by atoms with Crippen molar-refractivity contribution in [2.45, 2.75) is 16.8 Å². The molecular formula is C25H24N6O6S2. The number of nitrogens with two attached hydrogens (primary N) is 2. The summed E-state index contributed by atoms with van der Waals surface area (Å²) >= 11 is 0.919. The number of hydrogen-bond acceptors (Lipinski definition) is 11. The SMILES string of the molecule is COc1cc(-c2c(C#N)c(N)nc(SCC(=O)Nc3cc(S(N)(=O)=O)ccc3C)c2C#N)cc(OC)c1OC. The average molecular weight is 569 g/mol. The van der Waals surface area contributed by atoms with Gasteiger partial charge in [0.25, 0.3) is 0 Å². The second-order valence-corrected chi connectivity index (χ2v) is 10.4. The molecule has 0 saturated heterocycles. The molecular weight excluding hydrogens is 544 g/mol. The van der Waals surface area contributed by atoms with Gasteiger partial charge in [-0.2, -0.15) is 10.5 Å².